The Bertz CT molecular complexity index is 1690. The zero-order chi connectivity index (χ0) is 28.5. The third-order valence-electron chi connectivity index (χ3n) is 6.62. The minimum Gasteiger partial charge on any atom is -0.439 e. The molecule has 0 amide bonds. The van der Waals surface area contributed by atoms with Crippen LogP contribution in [0.15, 0.2) is 52.3 Å². The second-order valence-electron chi connectivity index (χ2n) is 9.70. The van der Waals surface area contributed by atoms with Crippen LogP contribution >= 0.6 is 0 Å². The van der Waals surface area contributed by atoms with Crippen molar-refractivity contribution in [3.05, 3.63) is 70.4 Å². The number of rotatable bonds is 10. The molecule has 12 heteroatoms. The molecule has 210 valence electrons. The number of anilines is 1. The summed E-state index contributed by atoms with van der Waals surface area (Å²) in [6.07, 6.45) is 4.40. The van der Waals surface area contributed by atoms with Gasteiger partial charge in [0.2, 0.25) is 11.5 Å². The predicted molar refractivity (Wildman–Crippen MR) is 149 cm³/mol. The molecule has 39 heavy (non-hydrogen) atoms. The molecule has 0 atom stereocenters. The number of hydrogen-bond donors (Lipinski definition) is 2. The van der Waals surface area contributed by atoms with Crippen LogP contribution < -0.4 is 14.2 Å². The zero-order valence-electron chi connectivity index (χ0n) is 22.3. The Hall–Kier alpha value is -3.19. The molecule has 1 aliphatic heterocycles. The number of aryl methyl sites for hydroxylation is 4. The summed E-state index contributed by atoms with van der Waals surface area (Å²) in [5.74, 6) is 0.637. The summed E-state index contributed by atoms with van der Waals surface area (Å²) < 4.78 is 78.3. The molecular weight excluding hydrogens is 544 g/mol. The molecule has 2 aromatic carbocycles. The first kappa shape index (κ1) is 28.8. The van der Waals surface area contributed by atoms with Crippen molar-refractivity contribution < 1.29 is 39.7 Å². The number of aromatic nitrogens is 1. The van der Waals surface area contributed by atoms with E-state index in [1.807, 2.05) is 68.7 Å². The van der Waals surface area contributed by atoms with Gasteiger partial charge in [0.15, 0.2) is 12.3 Å². The first-order valence-corrected chi connectivity index (χ1v) is 15.8. The van der Waals surface area contributed by atoms with Crippen molar-refractivity contribution >= 4 is 43.1 Å². The monoisotopic (exact) mass is 577 g/mol. The van der Waals surface area contributed by atoms with E-state index in [-0.39, 0.29) is 18.7 Å². The maximum Gasteiger partial charge on any atom is 0.374 e. The molecule has 0 aliphatic carbocycles. The van der Waals surface area contributed by atoms with Crippen molar-refractivity contribution in [2.75, 3.05) is 23.0 Å². The lowest BCUT2D eigenvalue weighted by Gasteiger charge is -2.18. The molecule has 10 nitrogen and oxygen atoms in total. The first-order chi connectivity index (χ1) is 18.2. The molecule has 0 unspecified atom stereocenters. The van der Waals surface area contributed by atoms with Crippen LogP contribution in [0.1, 0.15) is 42.3 Å². The van der Waals surface area contributed by atoms with E-state index in [9.17, 15) is 25.9 Å². The zero-order valence-corrected chi connectivity index (χ0v) is 24.0. The molecule has 0 spiro atoms. The van der Waals surface area contributed by atoms with E-state index in [0.717, 1.165) is 27.8 Å². The Kier molecular flexibility index (Phi) is 8.22. The van der Waals surface area contributed by atoms with Crippen molar-refractivity contribution in [1.82, 2.24) is 0 Å². The van der Waals surface area contributed by atoms with Crippen molar-refractivity contribution in [1.29, 1.82) is 0 Å². The average molecular weight is 578 g/mol. The van der Waals surface area contributed by atoms with Gasteiger partial charge in [0.25, 0.3) is 25.8 Å². The van der Waals surface area contributed by atoms with Crippen molar-refractivity contribution in [2.45, 2.75) is 47.1 Å². The number of fused-ring (bicyclic) bond motifs is 2. The van der Waals surface area contributed by atoms with Gasteiger partial charge in [0, 0.05) is 25.1 Å². The second kappa shape index (κ2) is 11.1. The van der Waals surface area contributed by atoms with Crippen LogP contribution in [-0.2, 0) is 26.8 Å². The van der Waals surface area contributed by atoms with Crippen LogP contribution in [0.2, 0.25) is 0 Å². The van der Waals surface area contributed by atoms with E-state index in [1.54, 1.807) is 11.0 Å². The number of nitrogens with zero attached hydrogens (tertiary/aromatic N) is 2. The van der Waals surface area contributed by atoms with Crippen LogP contribution in [0.25, 0.3) is 17.2 Å². The third-order valence-corrected chi connectivity index (χ3v) is 8.12. The molecule has 1 aromatic heterocycles. The van der Waals surface area contributed by atoms with Gasteiger partial charge in [-0.3, -0.25) is 9.11 Å². The normalized spacial score (nSPS) is 15.3. The third kappa shape index (κ3) is 7.07. The lowest BCUT2D eigenvalue weighted by molar-refractivity contribution is -0.677. The minimum absolute atomic E-state index is 0.00304. The Morgan fingerprint density at radius 1 is 1.00 bits per heavy atom. The van der Waals surface area contributed by atoms with E-state index >= 15 is 0 Å². The molecule has 1 aliphatic rings. The van der Waals surface area contributed by atoms with Crippen molar-refractivity contribution in [3.8, 4) is 5.75 Å². The maximum atomic E-state index is 11.5. The van der Waals surface area contributed by atoms with Gasteiger partial charge in [-0.05, 0) is 67.7 Å². The summed E-state index contributed by atoms with van der Waals surface area (Å²) in [7, 11) is -8.30. The highest BCUT2D eigenvalue weighted by Gasteiger charge is 2.28. The number of oxazole rings is 1. The standard InChI is InChI=1S/C27H32N2O8S2/c1-5-21(17-27-29(10-12-39(33,34)35)22-13-18(2)7-8-24(22)36-27)16-26-28(9-6-11-38(30,31)32)23-14-19(3)20(4)15-25(23)37-26/h7-8,13-17H,5-6,9-12H2,1-4H3,(H-,30,31,32,33,34,35)/p+1. The topological polar surface area (TPSA) is 138 Å². The predicted octanol–water partition coefficient (Wildman–Crippen LogP) is 4.35. The maximum absolute atomic E-state index is 11.5. The van der Waals surface area contributed by atoms with Gasteiger partial charge < -0.3 is 14.1 Å². The SMILES string of the molecule is CCC(/C=C1\Oc2ccc(C)cc2N1CCS(=O)(=O)O)=C\c1oc2cc(C)c(C)cc2[n+]1CCCS(=O)(=O)O. The van der Waals surface area contributed by atoms with Crippen LogP contribution in [0.3, 0.4) is 0 Å². The fourth-order valence-corrected chi connectivity index (χ4v) is 5.32. The summed E-state index contributed by atoms with van der Waals surface area (Å²) in [6.45, 7) is 8.14. The summed E-state index contributed by atoms with van der Waals surface area (Å²) in [6, 6.07) is 9.52. The fourth-order valence-electron chi connectivity index (χ4n) is 4.42. The number of allylic oxidation sites excluding steroid dienone is 2. The van der Waals surface area contributed by atoms with Gasteiger partial charge in [-0.1, -0.05) is 13.0 Å². The highest BCUT2D eigenvalue weighted by atomic mass is 32.2. The van der Waals surface area contributed by atoms with Crippen LogP contribution in [0.4, 0.5) is 5.69 Å². The van der Waals surface area contributed by atoms with E-state index < -0.39 is 26.0 Å². The molecule has 4 rings (SSSR count). The largest absolute Gasteiger partial charge is 0.439 e. The smallest absolute Gasteiger partial charge is 0.374 e. The van der Waals surface area contributed by atoms with E-state index in [2.05, 4.69) is 0 Å². The van der Waals surface area contributed by atoms with E-state index in [0.29, 0.717) is 41.8 Å². The summed E-state index contributed by atoms with van der Waals surface area (Å²) >= 11 is 0. The summed E-state index contributed by atoms with van der Waals surface area (Å²) in [5, 5.41) is 0. The molecule has 0 saturated heterocycles. The Balaban J connectivity index is 1.76. The molecule has 0 bridgehead atoms. The van der Waals surface area contributed by atoms with E-state index in [4.69, 9.17) is 9.15 Å². The highest BCUT2D eigenvalue weighted by Crippen LogP contribution is 2.40. The summed E-state index contributed by atoms with van der Waals surface area (Å²) in [4.78, 5) is 1.71. The average Bonchev–Trinajstić information content (AvgIpc) is 3.33. The second-order valence-corrected chi connectivity index (χ2v) is 12.8. The van der Waals surface area contributed by atoms with E-state index in [1.165, 1.54) is 0 Å². The van der Waals surface area contributed by atoms with Gasteiger partial charge in [0.1, 0.15) is 0 Å². The van der Waals surface area contributed by atoms with Gasteiger partial charge >= 0.3 is 5.89 Å². The molecule has 2 N–H and O–H groups in total. The lowest BCUT2D eigenvalue weighted by atomic mass is 10.1. The first-order valence-electron chi connectivity index (χ1n) is 12.6. The lowest BCUT2D eigenvalue weighted by Crippen LogP contribution is -2.36. The van der Waals surface area contributed by atoms with Gasteiger partial charge in [-0.25, -0.2) is 0 Å². The molecule has 0 fully saturated rings. The number of ether oxygens (including phenoxy) is 1. The highest BCUT2D eigenvalue weighted by molar-refractivity contribution is 7.86. The van der Waals surface area contributed by atoms with Gasteiger partial charge in [-0.15, -0.1) is 0 Å². The van der Waals surface area contributed by atoms with Gasteiger partial charge in [-0.2, -0.15) is 21.4 Å². The number of benzene rings is 2. The molecule has 3 aromatic rings. The molecular formula is C27H33N2O8S2+. The molecule has 0 saturated carbocycles. The van der Waals surface area contributed by atoms with Crippen LogP contribution in [-0.4, -0.2) is 44.0 Å². The van der Waals surface area contributed by atoms with Crippen molar-refractivity contribution in [2.24, 2.45) is 0 Å². The Labute approximate surface area is 228 Å². The molecule has 0 radical (unpaired) electrons. The Morgan fingerprint density at radius 3 is 2.36 bits per heavy atom. The van der Waals surface area contributed by atoms with Crippen LogP contribution in [0, 0.1) is 20.8 Å². The quantitative estimate of drug-likeness (QED) is 0.266. The van der Waals surface area contributed by atoms with Gasteiger partial charge in [0.05, 0.1) is 23.3 Å². The van der Waals surface area contributed by atoms with Crippen LogP contribution in [0.5, 0.6) is 5.75 Å². The minimum atomic E-state index is -4.20. The summed E-state index contributed by atoms with van der Waals surface area (Å²) in [5.41, 5.74) is 6.04. The van der Waals surface area contributed by atoms with Crippen molar-refractivity contribution in [3.63, 3.8) is 0 Å². The molecule has 2 heterocycles. The Morgan fingerprint density at radius 2 is 1.69 bits per heavy atom. The fraction of sp³-hybridized carbons (Fsp3) is 0.370. The number of hydrogen-bond acceptors (Lipinski definition) is 7.